The average Bonchev–Trinajstić information content (AvgIpc) is 4.13. The molecule has 15 aromatic rings. The molecule has 9 nitrogen and oxygen atoms in total. The smallest absolute Gasteiger partial charge is 0.334 e. The highest BCUT2D eigenvalue weighted by Gasteiger charge is 2.26. The lowest BCUT2D eigenvalue weighted by Gasteiger charge is -2.07. The maximum atomic E-state index is 6.38. The van der Waals surface area contributed by atoms with Crippen molar-refractivity contribution in [2.75, 3.05) is 0 Å². The van der Waals surface area contributed by atoms with Crippen molar-refractivity contribution in [3.8, 4) is 34.2 Å². The van der Waals surface area contributed by atoms with Gasteiger partial charge in [0.1, 0.15) is 45.8 Å². The van der Waals surface area contributed by atoms with Gasteiger partial charge in [0.2, 0.25) is 0 Å². The molecule has 78 heavy (non-hydrogen) atoms. The second-order valence-electron chi connectivity index (χ2n) is 20.9. The molecule has 0 spiro atoms. The SMILES string of the molecule is Cc1cc2c(oc3cc4ccccc4cc32)c(-c2nccc[n+]2C)c1C.Cc1cc[n+](C)c(-c2c(C)ccc3c2oc2cc4ccccc4cc23)n1.Cc1cnc(-c2c(C)ccc3c2oc2cc4ccccc4cc23)[n+](C)c1. The molecule has 378 valence electrons. The van der Waals surface area contributed by atoms with Gasteiger partial charge in [0.25, 0.3) is 0 Å². The highest BCUT2D eigenvalue weighted by molar-refractivity contribution is 6.16. The van der Waals surface area contributed by atoms with Crippen LogP contribution in [0.4, 0.5) is 0 Å². The number of furan rings is 3. The summed E-state index contributed by atoms with van der Waals surface area (Å²) in [5.41, 5.74) is 15.6. The van der Waals surface area contributed by atoms with Crippen molar-refractivity contribution in [2.24, 2.45) is 21.1 Å². The number of fused-ring (bicyclic) bond motifs is 12. The summed E-state index contributed by atoms with van der Waals surface area (Å²) in [6.45, 7) is 12.6. The Morgan fingerprint density at radius 3 is 1.32 bits per heavy atom. The predicted molar refractivity (Wildman–Crippen MR) is 315 cm³/mol. The first-order chi connectivity index (χ1) is 37.9. The van der Waals surface area contributed by atoms with Gasteiger partial charge in [-0.25, -0.2) is 13.7 Å². The van der Waals surface area contributed by atoms with Crippen LogP contribution < -0.4 is 13.7 Å². The summed E-state index contributed by atoms with van der Waals surface area (Å²) in [6, 6.07) is 53.1. The van der Waals surface area contributed by atoms with Crippen molar-refractivity contribution in [3.05, 3.63) is 216 Å². The number of aromatic nitrogens is 6. The maximum absolute atomic E-state index is 6.38. The Kier molecular flexibility index (Phi) is 11.6. The lowest BCUT2D eigenvalue weighted by atomic mass is 9.97. The Hall–Kier alpha value is -9.60. The zero-order valence-electron chi connectivity index (χ0n) is 45.2. The van der Waals surface area contributed by atoms with Crippen LogP contribution in [0.15, 0.2) is 196 Å². The van der Waals surface area contributed by atoms with Crippen molar-refractivity contribution >= 4 is 98.1 Å². The molecule has 0 amide bonds. The van der Waals surface area contributed by atoms with Crippen LogP contribution in [-0.4, -0.2) is 15.0 Å². The molecule has 15 rings (SSSR count). The van der Waals surface area contributed by atoms with Gasteiger partial charge in [-0.15, -0.1) is 0 Å². The molecule has 0 unspecified atom stereocenters. The molecule has 0 atom stereocenters. The monoisotopic (exact) mass is 1020 g/mol. The fraction of sp³-hybridized carbons (Fsp3) is 0.130. The van der Waals surface area contributed by atoms with Gasteiger partial charge in [-0.1, -0.05) is 97.1 Å². The van der Waals surface area contributed by atoms with Gasteiger partial charge in [-0.3, -0.25) is 0 Å². The van der Waals surface area contributed by atoms with E-state index in [0.29, 0.717) is 0 Å². The molecular weight excluding hydrogens is 961 g/mol. The highest BCUT2D eigenvalue weighted by Crippen LogP contribution is 2.42. The van der Waals surface area contributed by atoms with Gasteiger partial charge < -0.3 is 13.3 Å². The van der Waals surface area contributed by atoms with E-state index >= 15 is 0 Å². The van der Waals surface area contributed by atoms with Crippen molar-refractivity contribution in [1.29, 1.82) is 0 Å². The van der Waals surface area contributed by atoms with Gasteiger partial charge in [0, 0.05) is 56.9 Å². The Morgan fingerprint density at radius 2 is 0.821 bits per heavy atom. The minimum Gasteiger partial charge on any atom is -0.455 e. The van der Waals surface area contributed by atoms with E-state index in [2.05, 4.69) is 199 Å². The van der Waals surface area contributed by atoms with E-state index < -0.39 is 0 Å². The zero-order chi connectivity index (χ0) is 53.5. The van der Waals surface area contributed by atoms with Crippen molar-refractivity contribution in [1.82, 2.24) is 15.0 Å². The molecule has 0 fully saturated rings. The second kappa shape index (κ2) is 18.9. The zero-order valence-corrected chi connectivity index (χ0v) is 45.2. The molecule has 0 aliphatic rings. The molecule has 6 aromatic heterocycles. The van der Waals surface area contributed by atoms with Crippen LogP contribution in [0.25, 0.3) is 132 Å². The first-order valence-electron chi connectivity index (χ1n) is 26.4. The second-order valence-corrected chi connectivity index (χ2v) is 20.9. The Balaban J connectivity index is 0.000000111. The van der Waals surface area contributed by atoms with Crippen molar-refractivity contribution in [2.45, 2.75) is 41.5 Å². The largest absolute Gasteiger partial charge is 0.455 e. The van der Waals surface area contributed by atoms with E-state index in [1.165, 1.54) is 43.4 Å². The predicted octanol–water partition coefficient (Wildman–Crippen LogP) is 15.7. The van der Waals surface area contributed by atoms with Crippen LogP contribution in [0.5, 0.6) is 0 Å². The number of nitrogens with zero attached hydrogens (tertiary/aromatic N) is 6. The lowest BCUT2D eigenvalue weighted by molar-refractivity contribution is -0.663. The third-order valence-electron chi connectivity index (χ3n) is 15.5. The minimum absolute atomic E-state index is 0.905. The van der Waals surface area contributed by atoms with Gasteiger partial charge in [0.05, 0.1) is 39.7 Å². The third kappa shape index (κ3) is 8.17. The van der Waals surface area contributed by atoms with E-state index in [4.69, 9.17) is 18.2 Å². The number of aryl methyl sites for hydroxylation is 8. The Labute approximate surface area is 450 Å². The summed E-state index contributed by atoms with van der Waals surface area (Å²) in [7, 11) is 6.08. The van der Waals surface area contributed by atoms with E-state index in [0.717, 1.165) is 122 Å². The standard InChI is InChI=1S/3C23H19N2O/c1-14-11-19-18-12-16-7-4-5-8-17(16)13-20(18)26-22(19)21(15(14)2)23-24-9-6-10-25(23)3;1-14-12-24-23(25(3)13-14)21-15(2)8-9-18-19-10-16-6-4-5-7-17(16)11-20(19)26-22(18)21;1-14-8-9-18-19-12-16-6-4-5-7-17(16)13-20(19)26-22(18)21(14)23-24-15(2)10-11-25(23)3/h3*4-13H,1-3H3/q3*+1. The minimum atomic E-state index is 0.905. The quantitative estimate of drug-likeness (QED) is 0.164. The molecule has 0 aliphatic heterocycles. The number of benzene rings is 9. The molecule has 0 radical (unpaired) electrons. The van der Waals surface area contributed by atoms with Gasteiger partial charge in [0.15, 0.2) is 22.4 Å². The van der Waals surface area contributed by atoms with Crippen LogP contribution in [0, 0.1) is 41.5 Å². The molecule has 9 aromatic carbocycles. The normalized spacial score (nSPS) is 11.7. The third-order valence-corrected chi connectivity index (χ3v) is 15.5. The van der Waals surface area contributed by atoms with E-state index in [9.17, 15) is 0 Å². The summed E-state index contributed by atoms with van der Waals surface area (Å²) in [5.74, 6) is 2.77. The summed E-state index contributed by atoms with van der Waals surface area (Å²) in [5, 5.41) is 14.1. The van der Waals surface area contributed by atoms with Crippen LogP contribution in [0.3, 0.4) is 0 Å². The Bertz CT molecular complexity index is 4930. The highest BCUT2D eigenvalue weighted by atomic mass is 16.3. The van der Waals surface area contributed by atoms with Gasteiger partial charge >= 0.3 is 17.5 Å². The average molecular weight is 1020 g/mol. The van der Waals surface area contributed by atoms with E-state index in [-0.39, 0.29) is 0 Å². The van der Waals surface area contributed by atoms with E-state index in [1.807, 2.05) is 69.6 Å². The molecule has 0 N–H and O–H groups in total. The Morgan fingerprint density at radius 1 is 0.372 bits per heavy atom. The molecule has 0 saturated heterocycles. The molecular formula is C69H57N6O3+3. The summed E-state index contributed by atoms with van der Waals surface area (Å²) in [6.07, 6.45) is 9.90. The van der Waals surface area contributed by atoms with Gasteiger partial charge in [-0.05, 0) is 147 Å². The van der Waals surface area contributed by atoms with Crippen LogP contribution >= 0.6 is 0 Å². The summed E-state index contributed by atoms with van der Waals surface area (Å²) < 4.78 is 25.3. The van der Waals surface area contributed by atoms with Crippen LogP contribution in [-0.2, 0) is 21.1 Å². The van der Waals surface area contributed by atoms with Gasteiger partial charge in [-0.2, -0.15) is 0 Å². The van der Waals surface area contributed by atoms with Crippen LogP contribution in [0.1, 0.15) is 33.5 Å². The maximum Gasteiger partial charge on any atom is 0.334 e. The first-order valence-corrected chi connectivity index (χ1v) is 26.4. The summed E-state index contributed by atoms with van der Waals surface area (Å²) >= 11 is 0. The number of rotatable bonds is 3. The first kappa shape index (κ1) is 48.1. The molecule has 0 bridgehead atoms. The molecule has 0 saturated carbocycles. The van der Waals surface area contributed by atoms with Crippen molar-refractivity contribution in [3.63, 3.8) is 0 Å². The fourth-order valence-electron chi connectivity index (χ4n) is 11.3. The molecule has 0 aliphatic carbocycles. The van der Waals surface area contributed by atoms with Crippen molar-refractivity contribution < 1.29 is 27.0 Å². The lowest BCUT2D eigenvalue weighted by Crippen LogP contribution is -2.32. The number of hydrogen-bond acceptors (Lipinski definition) is 6. The van der Waals surface area contributed by atoms with Crippen LogP contribution in [0.2, 0.25) is 0 Å². The molecule has 6 heterocycles. The summed E-state index contributed by atoms with van der Waals surface area (Å²) in [4.78, 5) is 14.1. The topological polar surface area (TPSA) is 89.7 Å². The van der Waals surface area contributed by atoms with E-state index in [1.54, 1.807) is 0 Å². The molecule has 9 heteroatoms. The fourth-order valence-corrected chi connectivity index (χ4v) is 11.3. The number of hydrogen-bond donors (Lipinski definition) is 0.